The number of ether oxygens (including phenoxy) is 2. The highest BCUT2D eigenvalue weighted by atomic mass is 32.2. The van der Waals surface area contributed by atoms with Gasteiger partial charge < -0.3 is 14.8 Å². The fourth-order valence-corrected chi connectivity index (χ4v) is 5.22. The Balaban J connectivity index is 1.73. The van der Waals surface area contributed by atoms with E-state index in [1.807, 2.05) is 6.20 Å². The third kappa shape index (κ3) is 4.80. The van der Waals surface area contributed by atoms with Crippen LogP contribution in [0.3, 0.4) is 0 Å². The molecule has 1 aromatic rings. The number of nitrogens with zero attached hydrogens (tertiary/aromatic N) is 1. The first-order valence-corrected chi connectivity index (χ1v) is 12.5. The first-order chi connectivity index (χ1) is 15.3. The summed E-state index contributed by atoms with van der Waals surface area (Å²) in [6, 6.07) is 3.76. The van der Waals surface area contributed by atoms with Crippen molar-refractivity contribution in [2.24, 2.45) is 10.1 Å². The first kappa shape index (κ1) is 23.1. The van der Waals surface area contributed by atoms with Crippen molar-refractivity contribution in [3.05, 3.63) is 41.1 Å². The number of methoxy groups -OCH3 is 1. The number of rotatable bonds is 7. The number of hydrogen-bond donors (Lipinski definition) is 2. The molecule has 3 aliphatic rings. The highest BCUT2D eigenvalue weighted by Crippen LogP contribution is 2.45. The Labute approximate surface area is 188 Å². The quantitative estimate of drug-likeness (QED) is 0.647. The number of nitrogens with one attached hydrogen (secondary N) is 1. The Morgan fingerprint density at radius 2 is 2.06 bits per heavy atom. The lowest BCUT2D eigenvalue weighted by Gasteiger charge is -2.37. The first-order valence-electron chi connectivity index (χ1n) is 10.9. The van der Waals surface area contributed by atoms with Crippen LogP contribution in [0.15, 0.2) is 39.9 Å². The van der Waals surface area contributed by atoms with Gasteiger partial charge in [-0.25, -0.2) is 17.9 Å². The smallest absolute Gasteiger partial charge is 0.241 e. The number of halogens is 1. The molecule has 0 saturated heterocycles. The van der Waals surface area contributed by atoms with Crippen LogP contribution in [0.4, 0.5) is 4.39 Å². The van der Waals surface area contributed by atoms with Gasteiger partial charge in [-0.3, -0.25) is 4.99 Å². The normalized spacial score (nSPS) is 25.6. The molecule has 1 saturated carbocycles. The van der Waals surface area contributed by atoms with Crippen LogP contribution in [0.25, 0.3) is 5.57 Å². The molecule has 0 radical (unpaired) electrons. The molecule has 0 bridgehead atoms. The lowest BCUT2D eigenvalue weighted by atomic mass is 9.74. The largest absolute Gasteiger partial charge is 0.495 e. The SMILES string of the molecule is COc1cc([C@H]2C[C@H](OCCF)C2)c(C2=CN=C3CNC(C)CC=C3C2)cc1S(N)(=O)=O. The van der Waals surface area contributed by atoms with Crippen molar-refractivity contribution in [2.45, 2.75) is 55.6 Å². The zero-order chi connectivity index (χ0) is 22.9. The highest BCUT2D eigenvalue weighted by Gasteiger charge is 2.35. The van der Waals surface area contributed by atoms with Crippen LogP contribution >= 0.6 is 0 Å². The van der Waals surface area contributed by atoms with Crippen molar-refractivity contribution in [3.63, 3.8) is 0 Å². The van der Waals surface area contributed by atoms with Crippen molar-refractivity contribution >= 4 is 21.3 Å². The third-order valence-electron chi connectivity index (χ3n) is 6.42. The second kappa shape index (κ2) is 9.43. The molecular formula is C23H30FN3O4S. The van der Waals surface area contributed by atoms with Gasteiger partial charge in [-0.05, 0) is 66.5 Å². The van der Waals surface area contributed by atoms with Gasteiger partial charge in [-0.2, -0.15) is 0 Å². The molecule has 1 aromatic carbocycles. The monoisotopic (exact) mass is 463 g/mol. The Morgan fingerprint density at radius 3 is 2.75 bits per heavy atom. The van der Waals surface area contributed by atoms with Gasteiger partial charge in [0.15, 0.2) is 0 Å². The molecule has 174 valence electrons. The van der Waals surface area contributed by atoms with Gasteiger partial charge in [0.25, 0.3) is 0 Å². The molecular weight excluding hydrogens is 433 g/mol. The summed E-state index contributed by atoms with van der Waals surface area (Å²) in [4.78, 5) is 4.65. The fraction of sp³-hybridized carbons (Fsp3) is 0.522. The number of hydrogen-bond acceptors (Lipinski definition) is 6. The van der Waals surface area contributed by atoms with Crippen LogP contribution < -0.4 is 15.2 Å². The molecule has 0 aromatic heterocycles. The Kier molecular flexibility index (Phi) is 6.80. The number of aliphatic imine (C=N–C) groups is 1. The van der Waals surface area contributed by atoms with Gasteiger partial charge in [0.2, 0.25) is 10.0 Å². The van der Waals surface area contributed by atoms with Gasteiger partial charge in [0, 0.05) is 25.2 Å². The molecule has 32 heavy (non-hydrogen) atoms. The number of allylic oxidation sites excluding steroid dienone is 1. The molecule has 7 nitrogen and oxygen atoms in total. The number of fused-ring (bicyclic) bond motifs is 1. The summed E-state index contributed by atoms with van der Waals surface area (Å²) >= 11 is 0. The van der Waals surface area contributed by atoms with Crippen molar-refractivity contribution in [1.82, 2.24) is 5.32 Å². The van der Waals surface area contributed by atoms with E-state index in [0.29, 0.717) is 19.0 Å². The molecule has 1 unspecified atom stereocenters. The van der Waals surface area contributed by atoms with Crippen molar-refractivity contribution < 1.29 is 22.3 Å². The van der Waals surface area contributed by atoms with E-state index in [1.54, 1.807) is 12.1 Å². The highest BCUT2D eigenvalue weighted by molar-refractivity contribution is 7.89. The van der Waals surface area contributed by atoms with Gasteiger partial charge in [0.1, 0.15) is 17.3 Å². The molecule has 3 N–H and O–H groups in total. The van der Waals surface area contributed by atoms with Crippen LogP contribution in [0.2, 0.25) is 0 Å². The number of alkyl halides is 1. The van der Waals surface area contributed by atoms with Gasteiger partial charge in [0.05, 0.1) is 25.5 Å². The van der Waals surface area contributed by atoms with E-state index in [0.717, 1.165) is 47.2 Å². The lowest BCUT2D eigenvalue weighted by molar-refractivity contribution is -0.0154. The minimum Gasteiger partial charge on any atom is -0.495 e. The Hall–Kier alpha value is -2.07. The summed E-state index contributed by atoms with van der Waals surface area (Å²) < 4.78 is 47.9. The maximum absolute atomic E-state index is 12.4. The second-order valence-electron chi connectivity index (χ2n) is 8.64. The summed E-state index contributed by atoms with van der Waals surface area (Å²) in [6.07, 6.45) is 7.13. The van der Waals surface area contributed by atoms with E-state index in [1.165, 1.54) is 7.11 Å². The van der Waals surface area contributed by atoms with Gasteiger partial charge in [-0.1, -0.05) is 6.08 Å². The molecule has 2 aliphatic heterocycles. The summed E-state index contributed by atoms with van der Waals surface area (Å²) in [5.74, 6) is 0.390. The number of primary sulfonamides is 1. The summed E-state index contributed by atoms with van der Waals surface area (Å²) in [7, 11) is -2.54. The zero-order valence-electron chi connectivity index (χ0n) is 18.4. The minimum absolute atomic E-state index is 0.00889. The van der Waals surface area contributed by atoms with E-state index in [4.69, 9.17) is 14.6 Å². The van der Waals surface area contributed by atoms with E-state index in [2.05, 4.69) is 23.3 Å². The van der Waals surface area contributed by atoms with Crippen LogP contribution in [0.5, 0.6) is 5.75 Å². The van der Waals surface area contributed by atoms with Crippen molar-refractivity contribution in [3.8, 4) is 5.75 Å². The maximum Gasteiger partial charge on any atom is 0.241 e. The molecule has 0 amide bonds. The van der Waals surface area contributed by atoms with Gasteiger partial charge >= 0.3 is 0 Å². The number of benzene rings is 1. The molecule has 4 rings (SSSR count). The summed E-state index contributed by atoms with van der Waals surface area (Å²) in [5.41, 5.74) is 4.93. The van der Waals surface area contributed by atoms with Gasteiger partial charge in [-0.15, -0.1) is 0 Å². The standard InChI is InChI=1S/C23H30FN3O4S/c1-14-3-4-15-7-17(12-27-21(15)13-26-14)20-11-23(32(25,28)29)22(30-2)10-19(20)16-8-18(9-16)31-6-5-24/h4,10-12,14,16,18,26H,3,5-9,13H2,1-2H3,(H2,25,28,29)/t14?,16-,18-. The predicted molar refractivity (Wildman–Crippen MR) is 122 cm³/mol. The summed E-state index contributed by atoms with van der Waals surface area (Å²) in [6.45, 7) is 2.45. The predicted octanol–water partition coefficient (Wildman–Crippen LogP) is 3.07. The average Bonchev–Trinajstić information content (AvgIpc) is 2.92. The molecule has 2 heterocycles. The lowest BCUT2D eigenvalue weighted by Crippen LogP contribution is -2.31. The fourth-order valence-electron chi connectivity index (χ4n) is 4.52. The van der Waals surface area contributed by atoms with E-state index < -0.39 is 16.7 Å². The van der Waals surface area contributed by atoms with Crippen LogP contribution in [-0.2, 0) is 14.8 Å². The molecule has 1 atom stereocenters. The maximum atomic E-state index is 12.4. The van der Waals surface area contributed by atoms with E-state index in [-0.39, 0.29) is 29.3 Å². The van der Waals surface area contributed by atoms with E-state index >= 15 is 0 Å². The summed E-state index contributed by atoms with van der Waals surface area (Å²) in [5, 5.41) is 8.94. The average molecular weight is 464 g/mol. The Morgan fingerprint density at radius 1 is 1.28 bits per heavy atom. The molecule has 1 fully saturated rings. The van der Waals surface area contributed by atoms with Crippen molar-refractivity contribution in [1.29, 1.82) is 0 Å². The number of sulfonamides is 1. The van der Waals surface area contributed by atoms with Crippen LogP contribution in [-0.4, -0.2) is 53.2 Å². The Bertz CT molecular complexity index is 1070. The topological polar surface area (TPSA) is 103 Å². The molecule has 1 aliphatic carbocycles. The second-order valence-corrected chi connectivity index (χ2v) is 10.2. The van der Waals surface area contributed by atoms with Crippen LogP contribution in [0, 0.1) is 0 Å². The number of nitrogens with two attached hydrogens (primary N) is 1. The van der Waals surface area contributed by atoms with E-state index in [9.17, 15) is 12.8 Å². The molecule has 0 spiro atoms. The van der Waals surface area contributed by atoms with Crippen LogP contribution in [0.1, 0.15) is 49.7 Å². The zero-order valence-corrected chi connectivity index (χ0v) is 19.3. The van der Waals surface area contributed by atoms with Crippen molar-refractivity contribution in [2.75, 3.05) is 26.9 Å². The molecule has 9 heteroatoms. The minimum atomic E-state index is -3.98. The third-order valence-corrected chi connectivity index (χ3v) is 7.35.